The summed E-state index contributed by atoms with van der Waals surface area (Å²) in [4.78, 5) is 6.91. The van der Waals surface area contributed by atoms with Gasteiger partial charge < -0.3 is 20.3 Å². The predicted octanol–water partition coefficient (Wildman–Crippen LogP) is 1.81. The maximum Gasteiger partial charge on any atom is 0.191 e. The molecule has 1 aliphatic heterocycles. The first kappa shape index (κ1) is 25.0. The molecule has 9 heteroatoms. The van der Waals surface area contributed by atoms with E-state index in [0.29, 0.717) is 19.2 Å². The molecule has 1 aromatic rings. The highest BCUT2D eigenvalue weighted by molar-refractivity contribution is 14.0. The van der Waals surface area contributed by atoms with Crippen LogP contribution in [-0.4, -0.2) is 71.8 Å². The van der Waals surface area contributed by atoms with Crippen molar-refractivity contribution in [2.75, 3.05) is 56.3 Å². The molecular formula is C19H33IN4O3S. The van der Waals surface area contributed by atoms with E-state index in [1.807, 2.05) is 6.92 Å². The van der Waals surface area contributed by atoms with Crippen molar-refractivity contribution >= 4 is 45.5 Å². The van der Waals surface area contributed by atoms with Gasteiger partial charge in [-0.2, -0.15) is 0 Å². The molecule has 1 heterocycles. The maximum absolute atomic E-state index is 11.1. The number of sulfone groups is 1. The van der Waals surface area contributed by atoms with Crippen molar-refractivity contribution in [3.63, 3.8) is 0 Å². The Morgan fingerprint density at radius 1 is 1.29 bits per heavy atom. The standard InChI is InChI=1S/C19H32N4O3S.HI/c1-4-20-19(21-10-12-26-13-14-27(3,24)25)22-17-9-11-23(15-17)18-7-5-16(2)6-8-18;/h5-8,17H,4,9-15H2,1-3H3,(H2,20,21,22);1H. The highest BCUT2D eigenvalue weighted by atomic mass is 127. The molecule has 160 valence electrons. The summed E-state index contributed by atoms with van der Waals surface area (Å²) in [5.41, 5.74) is 2.53. The van der Waals surface area contributed by atoms with Gasteiger partial charge in [-0.1, -0.05) is 17.7 Å². The van der Waals surface area contributed by atoms with Gasteiger partial charge in [0.2, 0.25) is 0 Å². The lowest BCUT2D eigenvalue weighted by Crippen LogP contribution is -2.44. The normalized spacial score (nSPS) is 17.3. The van der Waals surface area contributed by atoms with Crippen LogP contribution < -0.4 is 15.5 Å². The minimum absolute atomic E-state index is 0. The van der Waals surface area contributed by atoms with Gasteiger partial charge in [0, 0.05) is 37.6 Å². The van der Waals surface area contributed by atoms with Gasteiger partial charge in [-0.05, 0) is 32.4 Å². The lowest BCUT2D eigenvalue weighted by Gasteiger charge is -2.20. The van der Waals surface area contributed by atoms with E-state index < -0.39 is 9.84 Å². The number of anilines is 1. The van der Waals surface area contributed by atoms with Crippen molar-refractivity contribution < 1.29 is 13.2 Å². The Kier molecular flexibility index (Phi) is 11.1. The Labute approximate surface area is 186 Å². The summed E-state index contributed by atoms with van der Waals surface area (Å²) in [6, 6.07) is 8.97. The van der Waals surface area contributed by atoms with E-state index in [4.69, 9.17) is 4.74 Å². The summed E-state index contributed by atoms with van der Waals surface area (Å²) in [6.07, 6.45) is 2.27. The molecule has 1 unspecified atom stereocenters. The molecule has 1 atom stereocenters. The molecule has 1 aliphatic rings. The first-order valence-electron chi connectivity index (χ1n) is 9.49. The Balaban J connectivity index is 0.00000392. The highest BCUT2D eigenvalue weighted by Gasteiger charge is 2.23. The second kappa shape index (κ2) is 12.5. The first-order valence-corrected chi connectivity index (χ1v) is 11.6. The van der Waals surface area contributed by atoms with Crippen LogP contribution >= 0.6 is 24.0 Å². The van der Waals surface area contributed by atoms with Gasteiger partial charge in [0.25, 0.3) is 0 Å². The second-order valence-electron chi connectivity index (χ2n) is 6.91. The van der Waals surface area contributed by atoms with Crippen LogP contribution in [0.15, 0.2) is 29.3 Å². The summed E-state index contributed by atoms with van der Waals surface area (Å²) in [5, 5.41) is 6.74. The summed E-state index contributed by atoms with van der Waals surface area (Å²) < 4.78 is 27.5. The van der Waals surface area contributed by atoms with E-state index in [9.17, 15) is 8.42 Å². The summed E-state index contributed by atoms with van der Waals surface area (Å²) in [6.45, 7) is 8.00. The second-order valence-corrected chi connectivity index (χ2v) is 9.17. The number of aryl methyl sites for hydroxylation is 1. The summed E-state index contributed by atoms with van der Waals surface area (Å²) in [5.74, 6) is 0.825. The number of nitrogens with one attached hydrogen (secondary N) is 2. The molecule has 0 spiro atoms. The average Bonchev–Trinajstić information content (AvgIpc) is 3.06. The minimum atomic E-state index is -2.97. The van der Waals surface area contributed by atoms with E-state index >= 15 is 0 Å². The molecule has 0 amide bonds. The number of guanidine groups is 1. The monoisotopic (exact) mass is 524 g/mol. The van der Waals surface area contributed by atoms with Crippen LogP contribution in [0.5, 0.6) is 0 Å². The Morgan fingerprint density at radius 3 is 2.64 bits per heavy atom. The Bertz CT molecular complexity index is 710. The molecule has 2 rings (SSSR count). The average molecular weight is 524 g/mol. The van der Waals surface area contributed by atoms with Crippen molar-refractivity contribution in [1.82, 2.24) is 10.6 Å². The number of hydrogen-bond donors (Lipinski definition) is 2. The predicted molar refractivity (Wildman–Crippen MR) is 127 cm³/mol. The largest absolute Gasteiger partial charge is 0.378 e. The maximum atomic E-state index is 11.1. The van der Waals surface area contributed by atoms with Crippen molar-refractivity contribution in [2.24, 2.45) is 4.99 Å². The molecule has 28 heavy (non-hydrogen) atoms. The van der Waals surface area contributed by atoms with Crippen LogP contribution in [0.2, 0.25) is 0 Å². The van der Waals surface area contributed by atoms with Crippen LogP contribution in [0, 0.1) is 6.92 Å². The molecule has 1 fully saturated rings. The van der Waals surface area contributed by atoms with Crippen molar-refractivity contribution in [2.45, 2.75) is 26.3 Å². The van der Waals surface area contributed by atoms with E-state index in [-0.39, 0.29) is 36.3 Å². The van der Waals surface area contributed by atoms with Gasteiger partial charge >= 0.3 is 0 Å². The van der Waals surface area contributed by atoms with Crippen molar-refractivity contribution in [3.8, 4) is 0 Å². The lowest BCUT2D eigenvalue weighted by molar-refractivity contribution is 0.157. The number of ether oxygens (including phenoxy) is 1. The van der Waals surface area contributed by atoms with Gasteiger partial charge in [0.1, 0.15) is 9.84 Å². The molecule has 7 nitrogen and oxygen atoms in total. The van der Waals surface area contributed by atoms with Crippen LogP contribution in [0.3, 0.4) is 0 Å². The molecule has 0 aromatic heterocycles. The third kappa shape index (κ3) is 9.42. The molecule has 0 saturated carbocycles. The smallest absolute Gasteiger partial charge is 0.191 e. The van der Waals surface area contributed by atoms with Gasteiger partial charge in [-0.15, -0.1) is 24.0 Å². The number of rotatable bonds is 9. The molecule has 0 radical (unpaired) electrons. The molecule has 1 aromatic carbocycles. The molecular weight excluding hydrogens is 491 g/mol. The van der Waals surface area contributed by atoms with Crippen LogP contribution in [0.1, 0.15) is 18.9 Å². The van der Waals surface area contributed by atoms with Gasteiger partial charge in [0.05, 0.1) is 25.5 Å². The molecule has 1 saturated heterocycles. The molecule has 2 N–H and O–H groups in total. The van der Waals surface area contributed by atoms with E-state index in [1.165, 1.54) is 17.5 Å². The number of nitrogens with zero attached hydrogens (tertiary/aromatic N) is 2. The number of hydrogen-bond acceptors (Lipinski definition) is 5. The third-order valence-corrected chi connectivity index (χ3v) is 5.28. The van der Waals surface area contributed by atoms with Crippen LogP contribution in [0.25, 0.3) is 0 Å². The molecule has 0 bridgehead atoms. The highest BCUT2D eigenvalue weighted by Crippen LogP contribution is 2.20. The quantitative estimate of drug-likeness (QED) is 0.222. The number of benzene rings is 1. The topological polar surface area (TPSA) is 83.0 Å². The fourth-order valence-electron chi connectivity index (χ4n) is 2.92. The van der Waals surface area contributed by atoms with E-state index in [2.05, 4.69) is 51.7 Å². The van der Waals surface area contributed by atoms with Crippen LogP contribution in [-0.2, 0) is 14.6 Å². The van der Waals surface area contributed by atoms with Gasteiger partial charge in [-0.3, -0.25) is 4.99 Å². The van der Waals surface area contributed by atoms with E-state index in [0.717, 1.165) is 32.0 Å². The van der Waals surface area contributed by atoms with Gasteiger partial charge in [-0.25, -0.2) is 8.42 Å². The van der Waals surface area contributed by atoms with E-state index in [1.54, 1.807) is 0 Å². The SMILES string of the molecule is CCNC(=NCCOCCS(C)(=O)=O)NC1CCN(c2ccc(C)cc2)C1.I. The summed E-state index contributed by atoms with van der Waals surface area (Å²) in [7, 11) is -2.97. The van der Waals surface area contributed by atoms with Crippen LogP contribution in [0.4, 0.5) is 5.69 Å². The summed E-state index contributed by atoms with van der Waals surface area (Å²) >= 11 is 0. The Morgan fingerprint density at radius 2 is 2.00 bits per heavy atom. The third-order valence-electron chi connectivity index (χ3n) is 4.38. The zero-order valence-corrected chi connectivity index (χ0v) is 20.1. The fourth-order valence-corrected chi connectivity index (χ4v) is 3.34. The minimum Gasteiger partial charge on any atom is -0.378 e. The number of aliphatic imine (C=N–C) groups is 1. The van der Waals surface area contributed by atoms with Crippen molar-refractivity contribution in [1.29, 1.82) is 0 Å². The van der Waals surface area contributed by atoms with Gasteiger partial charge in [0.15, 0.2) is 5.96 Å². The fraction of sp³-hybridized carbons (Fsp3) is 0.632. The zero-order valence-electron chi connectivity index (χ0n) is 17.0. The molecule has 0 aliphatic carbocycles. The lowest BCUT2D eigenvalue weighted by atomic mass is 10.2. The number of halogens is 1. The Hall–Kier alpha value is -1.07. The zero-order chi connectivity index (χ0) is 19.7. The first-order chi connectivity index (χ1) is 12.9. The van der Waals surface area contributed by atoms with Crippen molar-refractivity contribution in [3.05, 3.63) is 29.8 Å².